The third-order valence-electron chi connectivity index (χ3n) is 4.07. The molecule has 1 fully saturated rings. The van der Waals surface area contributed by atoms with Gasteiger partial charge in [0.2, 0.25) is 0 Å². The average molecular weight is 288 g/mol. The molecule has 3 rings (SSSR count). The third-order valence-corrected chi connectivity index (χ3v) is 4.07. The summed E-state index contributed by atoms with van der Waals surface area (Å²) in [5, 5.41) is 4.42. The molecular formula is C16H24N4O. The van der Waals surface area contributed by atoms with Crippen LogP contribution in [0.4, 0.5) is 5.82 Å². The number of aryl methyl sites for hydroxylation is 1. The maximum absolute atomic E-state index is 5.71. The molecule has 0 aromatic carbocycles. The van der Waals surface area contributed by atoms with Crippen LogP contribution in [0.2, 0.25) is 0 Å². The van der Waals surface area contributed by atoms with Gasteiger partial charge in [0.1, 0.15) is 5.82 Å². The minimum Gasteiger partial charge on any atom is -0.381 e. The number of hydrogen-bond acceptors (Lipinski definition) is 4. The Hall–Kier alpha value is -1.62. The summed E-state index contributed by atoms with van der Waals surface area (Å²) >= 11 is 0. The van der Waals surface area contributed by atoms with Crippen molar-refractivity contribution < 1.29 is 4.74 Å². The molecule has 0 N–H and O–H groups in total. The van der Waals surface area contributed by atoms with Crippen LogP contribution < -0.4 is 4.90 Å². The van der Waals surface area contributed by atoms with E-state index in [0.29, 0.717) is 5.92 Å². The van der Waals surface area contributed by atoms with Gasteiger partial charge in [0.25, 0.3) is 0 Å². The summed E-state index contributed by atoms with van der Waals surface area (Å²) in [6.45, 7) is 8.16. The SMILES string of the molecule is CCCOC[C@H]1CCN(c2cc(CC)nc3ccnn23)C1. The summed E-state index contributed by atoms with van der Waals surface area (Å²) in [5.41, 5.74) is 2.07. The van der Waals surface area contributed by atoms with E-state index in [1.54, 1.807) is 0 Å². The van der Waals surface area contributed by atoms with Gasteiger partial charge in [-0.2, -0.15) is 9.61 Å². The number of fused-ring (bicyclic) bond motifs is 1. The molecule has 1 aliphatic heterocycles. The fraction of sp³-hybridized carbons (Fsp3) is 0.625. The van der Waals surface area contributed by atoms with E-state index in [9.17, 15) is 0 Å². The number of rotatable bonds is 6. The number of nitrogens with zero attached hydrogens (tertiary/aromatic N) is 4. The molecule has 1 aliphatic rings. The maximum atomic E-state index is 5.71. The zero-order valence-electron chi connectivity index (χ0n) is 13.0. The minimum absolute atomic E-state index is 0.625. The van der Waals surface area contributed by atoms with Crippen molar-refractivity contribution in [1.82, 2.24) is 14.6 Å². The van der Waals surface area contributed by atoms with Crippen LogP contribution in [0, 0.1) is 5.92 Å². The molecule has 114 valence electrons. The van der Waals surface area contributed by atoms with E-state index in [1.807, 2.05) is 16.8 Å². The van der Waals surface area contributed by atoms with E-state index >= 15 is 0 Å². The Bertz CT molecular complexity index is 595. The largest absolute Gasteiger partial charge is 0.381 e. The van der Waals surface area contributed by atoms with Gasteiger partial charge in [0, 0.05) is 43.4 Å². The normalized spacial score (nSPS) is 18.8. The first-order chi connectivity index (χ1) is 10.3. The second-order valence-electron chi connectivity index (χ2n) is 5.74. The van der Waals surface area contributed by atoms with Gasteiger partial charge < -0.3 is 9.64 Å². The topological polar surface area (TPSA) is 42.7 Å². The van der Waals surface area contributed by atoms with Crippen molar-refractivity contribution in [3.05, 3.63) is 24.0 Å². The molecule has 0 amide bonds. The summed E-state index contributed by atoms with van der Waals surface area (Å²) < 4.78 is 7.66. The van der Waals surface area contributed by atoms with Crippen molar-refractivity contribution in [3.63, 3.8) is 0 Å². The summed E-state index contributed by atoms with van der Waals surface area (Å²) in [6, 6.07) is 4.15. The van der Waals surface area contributed by atoms with Crippen LogP contribution in [0.5, 0.6) is 0 Å². The van der Waals surface area contributed by atoms with Gasteiger partial charge >= 0.3 is 0 Å². The average Bonchev–Trinajstić information content (AvgIpc) is 3.15. The van der Waals surface area contributed by atoms with Gasteiger partial charge in [-0.05, 0) is 19.3 Å². The Morgan fingerprint density at radius 1 is 1.38 bits per heavy atom. The fourth-order valence-corrected chi connectivity index (χ4v) is 2.92. The van der Waals surface area contributed by atoms with Crippen LogP contribution in [-0.2, 0) is 11.2 Å². The molecule has 1 saturated heterocycles. The second-order valence-corrected chi connectivity index (χ2v) is 5.74. The molecule has 0 saturated carbocycles. The molecule has 1 atom stereocenters. The lowest BCUT2D eigenvalue weighted by Gasteiger charge is -2.20. The smallest absolute Gasteiger partial charge is 0.157 e. The molecule has 0 spiro atoms. The van der Waals surface area contributed by atoms with Gasteiger partial charge in [-0.25, -0.2) is 4.98 Å². The maximum Gasteiger partial charge on any atom is 0.157 e. The quantitative estimate of drug-likeness (QED) is 0.766. The van der Waals surface area contributed by atoms with Crippen molar-refractivity contribution in [2.75, 3.05) is 31.2 Å². The lowest BCUT2D eigenvalue weighted by Crippen LogP contribution is -2.24. The van der Waals surface area contributed by atoms with Gasteiger partial charge in [0.05, 0.1) is 12.8 Å². The number of hydrogen-bond donors (Lipinski definition) is 0. The first kappa shape index (κ1) is 14.3. The lowest BCUT2D eigenvalue weighted by atomic mass is 10.1. The van der Waals surface area contributed by atoms with Gasteiger partial charge in [-0.15, -0.1) is 0 Å². The number of aromatic nitrogens is 3. The molecule has 21 heavy (non-hydrogen) atoms. The standard InChI is InChI=1S/C16H24N4O/c1-3-9-21-12-13-6-8-19(11-13)16-10-14(4-2)18-15-5-7-17-20(15)16/h5,7,10,13H,3-4,6,8-9,11-12H2,1-2H3/t13-/m0/s1. The molecular weight excluding hydrogens is 264 g/mol. The summed E-state index contributed by atoms with van der Waals surface area (Å²) in [7, 11) is 0. The predicted molar refractivity (Wildman–Crippen MR) is 83.8 cm³/mol. The zero-order chi connectivity index (χ0) is 14.7. The van der Waals surface area contributed by atoms with E-state index in [1.165, 1.54) is 12.2 Å². The number of ether oxygens (including phenoxy) is 1. The van der Waals surface area contributed by atoms with E-state index in [-0.39, 0.29) is 0 Å². The van der Waals surface area contributed by atoms with Crippen molar-refractivity contribution in [2.45, 2.75) is 33.1 Å². The van der Waals surface area contributed by atoms with Crippen LogP contribution in [0.15, 0.2) is 18.3 Å². The van der Waals surface area contributed by atoms with E-state index < -0.39 is 0 Å². The summed E-state index contributed by atoms with van der Waals surface area (Å²) in [4.78, 5) is 7.03. The Morgan fingerprint density at radius 3 is 3.10 bits per heavy atom. The molecule has 5 heteroatoms. The third kappa shape index (κ3) is 3.02. The van der Waals surface area contributed by atoms with Crippen LogP contribution >= 0.6 is 0 Å². The summed E-state index contributed by atoms with van der Waals surface area (Å²) in [5.74, 6) is 1.79. The highest BCUT2D eigenvalue weighted by atomic mass is 16.5. The van der Waals surface area contributed by atoms with Crippen molar-refractivity contribution in [2.24, 2.45) is 5.92 Å². The van der Waals surface area contributed by atoms with Crippen LogP contribution in [-0.4, -0.2) is 40.9 Å². The van der Waals surface area contributed by atoms with E-state index in [0.717, 1.165) is 50.5 Å². The Balaban J connectivity index is 1.76. The first-order valence-electron chi connectivity index (χ1n) is 7.98. The molecule has 0 radical (unpaired) electrons. The zero-order valence-corrected chi connectivity index (χ0v) is 13.0. The van der Waals surface area contributed by atoms with Crippen molar-refractivity contribution in [1.29, 1.82) is 0 Å². The fourth-order valence-electron chi connectivity index (χ4n) is 2.92. The van der Waals surface area contributed by atoms with Gasteiger partial charge in [-0.3, -0.25) is 0 Å². The lowest BCUT2D eigenvalue weighted by molar-refractivity contribution is 0.106. The molecule has 2 aromatic heterocycles. The predicted octanol–water partition coefficient (Wildman–Crippen LogP) is 2.54. The highest BCUT2D eigenvalue weighted by Gasteiger charge is 2.25. The highest BCUT2D eigenvalue weighted by molar-refractivity contribution is 5.51. The second kappa shape index (κ2) is 6.43. The van der Waals surface area contributed by atoms with Crippen molar-refractivity contribution in [3.8, 4) is 0 Å². The summed E-state index contributed by atoms with van der Waals surface area (Å²) in [6.07, 6.45) is 5.06. The van der Waals surface area contributed by atoms with Crippen LogP contribution in [0.25, 0.3) is 5.65 Å². The Kier molecular flexibility index (Phi) is 4.39. The Morgan fingerprint density at radius 2 is 2.29 bits per heavy atom. The molecule has 0 aliphatic carbocycles. The molecule has 3 heterocycles. The minimum atomic E-state index is 0.625. The molecule has 0 bridgehead atoms. The molecule has 2 aromatic rings. The van der Waals surface area contributed by atoms with Crippen LogP contribution in [0.1, 0.15) is 32.4 Å². The highest BCUT2D eigenvalue weighted by Crippen LogP contribution is 2.25. The van der Waals surface area contributed by atoms with E-state index in [2.05, 4.69) is 34.9 Å². The van der Waals surface area contributed by atoms with Crippen molar-refractivity contribution >= 4 is 11.5 Å². The van der Waals surface area contributed by atoms with E-state index in [4.69, 9.17) is 4.74 Å². The van der Waals surface area contributed by atoms with Gasteiger partial charge in [-0.1, -0.05) is 13.8 Å². The van der Waals surface area contributed by atoms with Gasteiger partial charge in [0.15, 0.2) is 5.65 Å². The molecule has 0 unspecified atom stereocenters. The monoisotopic (exact) mass is 288 g/mol. The first-order valence-corrected chi connectivity index (χ1v) is 7.98. The van der Waals surface area contributed by atoms with Crippen LogP contribution in [0.3, 0.4) is 0 Å². The molecule has 5 nitrogen and oxygen atoms in total. The number of anilines is 1. The Labute approximate surface area is 125 Å².